The molecule has 6 heteroatoms. The number of hydrogen-bond acceptors (Lipinski definition) is 3. The summed E-state index contributed by atoms with van der Waals surface area (Å²) in [6.45, 7) is 0.945. The number of amides is 1. The van der Waals surface area contributed by atoms with E-state index in [4.69, 9.17) is 17.3 Å². The van der Waals surface area contributed by atoms with Crippen LogP contribution in [0.2, 0.25) is 5.02 Å². The van der Waals surface area contributed by atoms with Crippen molar-refractivity contribution >= 4 is 23.3 Å². The van der Waals surface area contributed by atoms with Crippen molar-refractivity contribution in [2.75, 3.05) is 5.73 Å². The van der Waals surface area contributed by atoms with Gasteiger partial charge in [0.2, 0.25) is 0 Å². The molecule has 0 bridgehead atoms. The third kappa shape index (κ3) is 4.36. The summed E-state index contributed by atoms with van der Waals surface area (Å²) >= 11 is 5.97. The van der Waals surface area contributed by atoms with Gasteiger partial charge in [-0.05, 0) is 35.4 Å². The number of carbonyl (C=O) groups excluding carboxylic acids is 1. The lowest BCUT2D eigenvalue weighted by molar-refractivity contribution is 0.0731. The fourth-order valence-electron chi connectivity index (χ4n) is 3.29. The van der Waals surface area contributed by atoms with Crippen LogP contribution in [0.5, 0.6) is 0 Å². The highest BCUT2D eigenvalue weighted by molar-refractivity contribution is 6.30. The first kappa shape index (κ1) is 19.7. The predicted octanol–water partition coefficient (Wildman–Crippen LogP) is 4.95. The zero-order chi connectivity index (χ0) is 20.9. The molecule has 0 aliphatic heterocycles. The molecule has 0 unspecified atom stereocenters. The number of anilines is 1. The fraction of sp³-hybridized carbons (Fsp3) is 0.0833. The number of aromatic nitrogens is 2. The summed E-state index contributed by atoms with van der Waals surface area (Å²) in [6.07, 6.45) is 1.52. The lowest BCUT2D eigenvalue weighted by Crippen LogP contribution is -2.30. The van der Waals surface area contributed by atoms with Crippen molar-refractivity contribution in [1.29, 1.82) is 0 Å². The Morgan fingerprint density at radius 3 is 1.93 bits per heavy atom. The molecule has 0 atom stereocenters. The Morgan fingerprint density at radius 1 is 0.867 bits per heavy atom. The third-order valence-corrected chi connectivity index (χ3v) is 5.08. The summed E-state index contributed by atoms with van der Waals surface area (Å²) in [7, 11) is 0. The van der Waals surface area contributed by atoms with Crippen LogP contribution in [0.1, 0.15) is 21.5 Å². The van der Waals surface area contributed by atoms with Crippen molar-refractivity contribution < 1.29 is 4.79 Å². The molecular formula is C24H21ClN4O. The van der Waals surface area contributed by atoms with E-state index in [-0.39, 0.29) is 5.91 Å². The monoisotopic (exact) mass is 416 g/mol. The van der Waals surface area contributed by atoms with Gasteiger partial charge in [0.1, 0.15) is 11.4 Å². The van der Waals surface area contributed by atoms with Gasteiger partial charge in [-0.2, -0.15) is 5.10 Å². The van der Waals surface area contributed by atoms with E-state index < -0.39 is 0 Å². The molecule has 0 spiro atoms. The van der Waals surface area contributed by atoms with Crippen molar-refractivity contribution in [3.05, 3.63) is 113 Å². The fourth-order valence-corrected chi connectivity index (χ4v) is 3.41. The van der Waals surface area contributed by atoms with Crippen LogP contribution in [0.15, 0.2) is 91.1 Å². The third-order valence-electron chi connectivity index (χ3n) is 4.83. The number of nitrogen functional groups attached to an aromatic ring is 1. The van der Waals surface area contributed by atoms with Crippen LogP contribution in [-0.2, 0) is 13.1 Å². The van der Waals surface area contributed by atoms with Gasteiger partial charge >= 0.3 is 0 Å². The van der Waals surface area contributed by atoms with Gasteiger partial charge in [-0.25, -0.2) is 4.68 Å². The van der Waals surface area contributed by atoms with Crippen LogP contribution in [0, 0.1) is 0 Å². The Bertz CT molecular complexity index is 1080. The van der Waals surface area contributed by atoms with Gasteiger partial charge in [-0.3, -0.25) is 4.79 Å². The van der Waals surface area contributed by atoms with E-state index in [0.717, 1.165) is 16.8 Å². The molecule has 0 aliphatic rings. The van der Waals surface area contributed by atoms with Crippen LogP contribution in [0.4, 0.5) is 5.82 Å². The Morgan fingerprint density at radius 2 is 1.40 bits per heavy atom. The highest BCUT2D eigenvalue weighted by Crippen LogP contribution is 2.22. The molecule has 0 radical (unpaired) electrons. The Hall–Kier alpha value is -3.57. The number of carbonyl (C=O) groups is 1. The normalized spacial score (nSPS) is 10.7. The minimum Gasteiger partial charge on any atom is -0.383 e. The van der Waals surface area contributed by atoms with Crippen LogP contribution < -0.4 is 5.73 Å². The topological polar surface area (TPSA) is 64.2 Å². The highest BCUT2D eigenvalue weighted by atomic mass is 35.5. The van der Waals surface area contributed by atoms with E-state index >= 15 is 0 Å². The average Bonchev–Trinajstić information content (AvgIpc) is 3.16. The van der Waals surface area contributed by atoms with Gasteiger partial charge in [-0.1, -0.05) is 72.3 Å². The highest BCUT2D eigenvalue weighted by Gasteiger charge is 2.22. The standard InChI is InChI=1S/C24H21ClN4O/c25-20-11-13-21(14-12-20)29-23(26)22(15-27-29)24(30)28(16-18-7-3-1-4-8-18)17-19-9-5-2-6-10-19/h1-15H,16-17,26H2. The first-order valence-corrected chi connectivity index (χ1v) is 9.96. The zero-order valence-corrected chi connectivity index (χ0v) is 17.0. The van der Waals surface area contributed by atoms with Gasteiger partial charge in [0, 0.05) is 18.1 Å². The molecule has 1 heterocycles. The maximum absolute atomic E-state index is 13.4. The van der Waals surface area contributed by atoms with Crippen LogP contribution in [0.25, 0.3) is 5.69 Å². The van der Waals surface area contributed by atoms with Gasteiger partial charge in [0.15, 0.2) is 0 Å². The summed E-state index contributed by atoms with van der Waals surface area (Å²) in [5, 5.41) is 4.96. The second-order valence-corrected chi connectivity index (χ2v) is 7.40. The minimum atomic E-state index is -0.166. The van der Waals surface area contributed by atoms with Crippen molar-refractivity contribution in [2.45, 2.75) is 13.1 Å². The molecule has 3 aromatic carbocycles. The second kappa shape index (κ2) is 8.84. The average molecular weight is 417 g/mol. The van der Waals surface area contributed by atoms with E-state index in [1.165, 1.54) is 6.20 Å². The largest absolute Gasteiger partial charge is 0.383 e. The van der Waals surface area contributed by atoms with Gasteiger partial charge < -0.3 is 10.6 Å². The lowest BCUT2D eigenvalue weighted by Gasteiger charge is -2.23. The predicted molar refractivity (Wildman–Crippen MR) is 119 cm³/mol. The summed E-state index contributed by atoms with van der Waals surface area (Å²) in [5.41, 5.74) is 9.53. The van der Waals surface area contributed by atoms with Crippen LogP contribution in [0.3, 0.4) is 0 Å². The van der Waals surface area contributed by atoms with Crippen molar-refractivity contribution in [2.24, 2.45) is 0 Å². The summed E-state index contributed by atoms with van der Waals surface area (Å²) in [5.74, 6) is 0.133. The van der Waals surface area contributed by atoms with E-state index in [1.807, 2.05) is 72.8 Å². The maximum atomic E-state index is 13.4. The number of nitrogens with zero attached hydrogens (tertiary/aromatic N) is 3. The number of rotatable bonds is 6. The van der Waals surface area contributed by atoms with E-state index in [1.54, 1.807) is 21.7 Å². The molecule has 1 amide bonds. The number of hydrogen-bond donors (Lipinski definition) is 1. The molecule has 0 fully saturated rings. The van der Waals surface area contributed by atoms with Crippen LogP contribution >= 0.6 is 11.6 Å². The minimum absolute atomic E-state index is 0.166. The quantitative estimate of drug-likeness (QED) is 0.483. The van der Waals surface area contributed by atoms with E-state index in [9.17, 15) is 4.79 Å². The lowest BCUT2D eigenvalue weighted by atomic mass is 10.1. The molecule has 0 aliphatic carbocycles. The van der Waals surface area contributed by atoms with Gasteiger partial charge in [0.25, 0.3) is 5.91 Å². The van der Waals surface area contributed by atoms with Crippen LogP contribution in [-0.4, -0.2) is 20.6 Å². The molecule has 30 heavy (non-hydrogen) atoms. The molecule has 0 saturated heterocycles. The summed E-state index contributed by atoms with van der Waals surface area (Å²) < 4.78 is 1.55. The first-order chi connectivity index (χ1) is 14.6. The van der Waals surface area contributed by atoms with E-state index in [0.29, 0.717) is 29.5 Å². The molecule has 2 N–H and O–H groups in total. The zero-order valence-electron chi connectivity index (χ0n) is 16.3. The van der Waals surface area contributed by atoms with E-state index in [2.05, 4.69) is 5.10 Å². The SMILES string of the molecule is Nc1c(C(=O)N(Cc2ccccc2)Cc2ccccc2)cnn1-c1ccc(Cl)cc1. The molecule has 5 nitrogen and oxygen atoms in total. The molecular weight excluding hydrogens is 396 g/mol. The van der Waals surface area contributed by atoms with Gasteiger partial charge in [-0.15, -0.1) is 0 Å². The Kier molecular flexibility index (Phi) is 5.82. The van der Waals surface area contributed by atoms with Crippen molar-refractivity contribution in [3.8, 4) is 5.69 Å². The molecule has 0 saturated carbocycles. The Labute approximate surface area is 180 Å². The Balaban J connectivity index is 1.65. The molecule has 4 rings (SSSR count). The van der Waals surface area contributed by atoms with Crippen molar-refractivity contribution in [1.82, 2.24) is 14.7 Å². The smallest absolute Gasteiger partial charge is 0.259 e. The number of halogens is 1. The molecule has 1 aromatic heterocycles. The number of nitrogens with two attached hydrogens (primary N) is 1. The van der Waals surface area contributed by atoms with Crippen molar-refractivity contribution in [3.63, 3.8) is 0 Å². The number of benzene rings is 3. The molecule has 150 valence electrons. The maximum Gasteiger partial charge on any atom is 0.259 e. The second-order valence-electron chi connectivity index (χ2n) is 6.96. The molecule has 4 aromatic rings. The summed E-state index contributed by atoms with van der Waals surface area (Å²) in [4.78, 5) is 15.2. The first-order valence-electron chi connectivity index (χ1n) is 9.58. The summed E-state index contributed by atoms with van der Waals surface area (Å²) in [6, 6.07) is 26.9. The van der Waals surface area contributed by atoms with Gasteiger partial charge in [0.05, 0.1) is 11.9 Å².